The molecule has 1 fully saturated rings. The molecular weight excluding hydrogens is 345 g/mol. The van der Waals surface area contributed by atoms with Crippen LogP contribution in [-0.4, -0.2) is 36.7 Å². The van der Waals surface area contributed by atoms with E-state index in [0.717, 1.165) is 0 Å². The Balaban J connectivity index is 2.09. The van der Waals surface area contributed by atoms with Gasteiger partial charge in [-0.3, -0.25) is 9.59 Å². The molecule has 2 N–H and O–H groups in total. The van der Waals surface area contributed by atoms with Crippen molar-refractivity contribution in [2.24, 2.45) is 5.41 Å². The second-order valence-electron chi connectivity index (χ2n) is 4.98. The molecule has 0 bridgehead atoms. The summed E-state index contributed by atoms with van der Waals surface area (Å²) in [7, 11) is 0. The first kappa shape index (κ1) is 15.9. The van der Waals surface area contributed by atoms with Crippen molar-refractivity contribution in [3.63, 3.8) is 0 Å². The number of carbonyl (C=O) groups excluding carboxylic acids is 1. The number of rotatable bonds is 4. The quantitative estimate of drug-likeness (QED) is 0.863. The summed E-state index contributed by atoms with van der Waals surface area (Å²) in [6, 6.07) is 4.13. The third kappa shape index (κ3) is 3.41. The third-order valence-electron chi connectivity index (χ3n) is 3.69. The van der Waals surface area contributed by atoms with E-state index >= 15 is 0 Å². The van der Waals surface area contributed by atoms with Crippen molar-refractivity contribution in [2.75, 3.05) is 19.8 Å². The molecule has 1 saturated heterocycles. The number of hydrogen-bond donors (Lipinski definition) is 2. The Bertz CT molecular complexity index is 558. The van der Waals surface area contributed by atoms with Crippen molar-refractivity contribution in [3.8, 4) is 0 Å². The molecule has 2 rings (SSSR count). The second-order valence-corrected chi connectivity index (χ2v) is 5.77. The molecule has 7 heteroatoms. The first-order valence-corrected chi connectivity index (χ1v) is 7.29. The topological polar surface area (TPSA) is 75.6 Å². The van der Waals surface area contributed by atoms with Crippen molar-refractivity contribution in [2.45, 2.75) is 12.8 Å². The SMILES string of the molecule is O=C(NCC1(C(=O)O)CCOCC1)c1cccc(F)c1Br. The van der Waals surface area contributed by atoms with Crippen LogP contribution in [0.2, 0.25) is 0 Å². The lowest BCUT2D eigenvalue weighted by molar-refractivity contribution is -0.154. The third-order valence-corrected chi connectivity index (χ3v) is 4.49. The Labute approximate surface area is 129 Å². The van der Waals surface area contributed by atoms with Gasteiger partial charge in [0.1, 0.15) is 5.82 Å². The molecule has 5 nitrogen and oxygen atoms in total. The van der Waals surface area contributed by atoms with Gasteiger partial charge in [0.2, 0.25) is 0 Å². The lowest BCUT2D eigenvalue weighted by atomic mass is 9.80. The molecule has 1 heterocycles. The Morgan fingerprint density at radius 2 is 2.05 bits per heavy atom. The fourth-order valence-corrected chi connectivity index (χ4v) is 2.70. The molecule has 0 aliphatic carbocycles. The largest absolute Gasteiger partial charge is 0.481 e. The molecule has 1 aromatic carbocycles. The zero-order valence-electron chi connectivity index (χ0n) is 11.2. The summed E-state index contributed by atoms with van der Waals surface area (Å²) in [5.74, 6) is -2.00. The van der Waals surface area contributed by atoms with E-state index in [4.69, 9.17) is 4.74 Å². The number of halogens is 2. The van der Waals surface area contributed by atoms with E-state index in [1.54, 1.807) is 0 Å². The van der Waals surface area contributed by atoms with Gasteiger partial charge in [0.25, 0.3) is 5.91 Å². The number of ether oxygens (including phenoxy) is 1. The highest BCUT2D eigenvalue weighted by Crippen LogP contribution is 2.30. The lowest BCUT2D eigenvalue weighted by Gasteiger charge is -2.33. The molecule has 1 amide bonds. The standard InChI is InChI=1S/C14H15BrFNO4/c15-11-9(2-1-3-10(11)16)12(18)17-8-14(13(19)20)4-6-21-7-5-14/h1-3H,4-8H2,(H,17,18)(H,19,20). The number of aliphatic carboxylic acids is 1. The maximum Gasteiger partial charge on any atom is 0.311 e. The number of nitrogens with one attached hydrogen (secondary N) is 1. The van der Waals surface area contributed by atoms with Gasteiger partial charge >= 0.3 is 5.97 Å². The first-order valence-electron chi connectivity index (χ1n) is 6.50. The Hall–Kier alpha value is -1.47. The van der Waals surface area contributed by atoms with Crippen LogP contribution >= 0.6 is 15.9 Å². The van der Waals surface area contributed by atoms with Crippen LogP contribution in [0.15, 0.2) is 22.7 Å². The van der Waals surface area contributed by atoms with E-state index in [2.05, 4.69) is 21.2 Å². The van der Waals surface area contributed by atoms with Crippen LogP contribution in [0.1, 0.15) is 23.2 Å². The fourth-order valence-electron chi connectivity index (χ4n) is 2.25. The molecule has 0 aromatic heterocycles. The van der Waals surface area contributed by atoms with Gasteiger partial charge in [0.15, 0.2) is 0 Å². The Morgan fingerprint density at radius 1 is 1.38 bits per heavy atom. The molecule has 0 spiro atoms. The van der Waals surface area contributed by atoms with Gasteiger partial charge in [-0.2, -0.15) is 0 Å². The van der Waals surface area contributed by atoms with Crippen LogP contribution in [-0.2, 0) is 9.53 Å². The van der Waals surface area contributed by atoms with Gasteiger partial charge in [-0.25, -0.2) is 4.39 Å². The van der Waals surface area contributed by atoms with Crippen molar-refractivity contribution in [3.05, 3.63) is 34.1 Å². The Kier molecular flexibility index (Phi) is 4.95. The smallest absolute Gasteiger partial charge is 0.311 e. The van der Waals surface area contributed by atoms with E-state index in [0.29, 0.717) is 26.1 Å². The first-order chi connectivity index (χ1) is 9.96. The highest BCUT2D eigenvalue weighted by molar-refractivity contribution is 9.10. The summed E-state index contributed by atoms with van der Waals surface area (Å²) in [6.07, 6.45) is 0.680. The molecule has 1 aliphatic rings. The molecule has 0 unspecified atom stereocenters. The number of benzene rings is 1. The summed E-state index contributed by atoms with van der Waals surface area (Å²) in [5.41, 5.74) is -0.879. The summed E-state index contributed by atoms with van der Waals surface area (Å²) in [5, 5.41) is 12.0. The molecule has 0 atom stereocenters. The normalized spacial score (nSPS) is 17.2. The van der Waals surface area contributed by atoms with Crippen LogP contribution in [0.3, 0.4) is 0 Å². The second kappa shape index (κ2) is 6.53. The molecule has 21 heavy (non-hydrogen) atoms. The summed E-state index contributed by atoms with van der Waals surface area (Å²) < 4.78 is 18.6. The summed E-state index contributed by atoms with van der Waals surface area (Å²) in [4.78, 5) is 23.6. The minimum absolute atomic E-state index is 0.00647. The summed E-state index contributed by atoms with van der Waals surface area (Å²) >= 11 is 3.02. The monoisotopic (exact) mass is 359 g/mol. The van der Waals surface area contributed by atoms with E-state index < -0.39 is 23.1 Å². The van der Waals surface area contributed by atoms with E-state index in [1.807, 2.05) is 0 Å². The van der Waals surface area contributed by atoms with Crippen molar-refractivity contribution >= 4 is 27.8 Å². The van der Waals surface area contributed by atoms with Gasteiger partial charge in [-0.15, -0.1) is 0 Å². The van der Waals surface area contributed by atoms with Crippen molar-refractivity contribution in [1.82, 2.24) is 5.32 Å². The highest BCUT2D eigenvalue weighted by Gasteiger charge is 2.40. The van der Waals surface area contributed by atoms with Crippen LogP contribution < -0.4 is 5.32 Å². The number of hydrogen-bond acceptors (Lipinski definition) is 3. The van der Waals surface area contributed by atoms with Crippen LogP contribution in [0.4, 0.5) is 4.39 Å². The lowest BCUT2D eigenvalue weighted by Crippen LogP contribution is -2.46. The molecule has 1 aromatic rings. The minimum atomic E-state index is -1.02. The molecule has 0 saturated carbocycles. The molecule has 0 radical (unpaired) electrons. The molecular formula is C14H15BrFNO4. The maximum absolute atomic E-state index is 13.4. The predicted octanol–water partition coefficient (Wildman–Crippen LogP) is 2.20. The van der Waals surface area contributed by atoms with Crippen LogP contribution in [0.25, 0.3) is 0 Å². The van der Waals surface area contributed by atoms with Gasteiger partial charge in [0, 0.05) is 19.8 Å². The van der Waals surface area contributed by atoms with E-state index in [-0.39, 0.29) is 16.6 Å². The van der Waals surface area contributed by atoms with Gasteiger partial charge in [0.05, 0.1) is 15.5 Å². The minimum Gasteiger partial charge on any atom is -0.481 e. The Morgan fingerprint density at radius 3 is 2.67 bits per heavy atom. The number of carboxylic acid groups (broad SMARTS) is 1. The molecule has 114 valence electrons. The van der Waals surface area contributed by atoms with Crippen molar-refractivity contribution < 1.29 is 23.8 Å². The summed E-state index contributed by atoms with van der Waals surface area (Å²) in [6.45, 7) is 0.700. The predicted molar refractivity (Wildman–Crippen MR) is 76.6 cm³/mol. The number of amides is 1. The van der Waals surface area contributed by atoms with Crippen molar-refractivity contribution in [1.29, 1.82) is 0 Å². The van der Waals surface area contributed by atoms with Gasteiger partial charge in [-0.1, -0.05) is 6.07 Å². The van der Waals surface area contributed by atoms with Gasteiger partial charge < -0.3 is 15.2 Å². The van der Waals surface area contributed by atoms with Crippen LogP contribution in [0.5, 0.6) is 0 Å². The number of carbonyl (C=O) groups is 2. The number of carboxylic acids is 1. The zero-order valence-corrected chi connectivity index (χ0v) is 12.8. The zero-order chi connectivity index (χ0) is 15.5. The average molecular weight is 360 g/mol. The van der Waals surface area contributed by atoms with Gasteiger partial charge in [-0.05, 0) is 40.9 Å². The average Bonchev–Trinajstić information content (AvgIpc) is 2.48. The van der Waals surface area contributed by atoms with E-state index in [1.165, 1.54) is 18.2 Å². The maximum atomic E-state index is 13.4. The highest BCUT2D eigenvalue weighted by atomic mass is 79.9. The molecule has 1 aliphatic heterocycles. The van der Waals surface area contributed by atoms with E-state index in [9.17, 15) is 19.1 Å². The van der Waals surface area contributed by atoms with Crippen LogP contribution in [0, 0.1) is 11.2 Å². The fraction of sp³-hybridized carbons (Fsp3) is 0.429.